The van der Waals surface area contributed by atoms with E-state index in [4.69, 9.17) is 14.2 Å². The third-order valence-electron chi connectivity index (χ3n) is 2.55. The molecule has 0 N–H and O–H groups in total. The van der Waals surface area contributed by atoms with E-state index < -0.39 is 0 Å². The van der Waals surface area contributed by atoms with Crippen LogP contribution in [-0.2, 0) is 23.7 Å². The van der Waals surface area contributed by atoms with E-state index in [9.17, 15) is 4.79 Å². The molecule has 0 aliphatic carbocycles. The Labute approximate surface area is 116 Å². The van der Waals surface area contributed by atoms with Crippen LogP contribution in [0.2, 0.25) is 0 Å². The van der Waals surface area contributed by atoms with Crippen molar-refractivity contribution in [2.45, 2.75) is 39.0 Å². The van der Waals surface area contributed by atoms with Crippen LogP contribution in [-0.4, -0.2) is 52.7 Å². The molecule has 0 aromatic rings. The zero-order valence-electron chi connectivity index (χ0n) is 12.1. The smallest absolute Gasteiger partial charge is 0.293 e. The third-order valence-corrected chi connectivity index (χ3v) is 2.55. The average Bonchev–Trinajstić information content (AvgIpc) is 2.43. The van der Waals surface area contributed by atoms with Gasteiger partial charge < -0.3 is 18.9 Å². The molecule has 0 spiro atoms. The average molecular weight is 276 g/mol. The van der Waals surface area contributed by atoms with E-state index in [1.165, 1.54) is 25.7 Å². The minimum atomic E-state index is 0.296. The Morgan fingerprint density at radius 2 is 1.21 bits per heavy atom. The molecule has 0 radical (unpaired) electrons. The highest BCUT2D eigenvalue weighted by Crippen LogP contribution is 2.02. The third kappa shape index (κ3) is 17.4. The molecule has 0 rings (SSSR count). The van der Waals surface area contributed by atoms with Crippen LogP contribution in [0.3, 0.4) is 0 Å². The molecule has 0 bridgehead atoms. The molecule has 0 atom stereocenters. The van der Waals surface area contributed by atoms with E-state index in [1.807, 2.05) is 0 Å². The van der Waals surface area contributed by atoms with Crippen molar-refractivity contribution in [3.63, 3.8) is 0 Å². The largest absolute Gasteiger partial charge is 0.465 e. The SMILES string of the molecule is CCCCCCCOCCOCCOCCOC=O. The first kappa shape index (κ1) is 18.4. The summed E-state index contributed by atoms with van der Waals surface area (Å²) in [4.78, 5) is 9.82. The van der Waals surface area contributed by atoms with Crippen LogP contribution in [0.25, 0.3) is 0 Å². The zero-order valence-corrected chi connectivity index (χ0v) is 12.1. The number of rotatable bonds is 16. The summed E-state index contributed by atoms with van der Waals surface area (Å²) < 4.78 is 20.4. The van der Waals surface area contributed by atoms with Crippen LogP contribution in [0.4, 0.5) is 0 Å². The first-order chi connectivity index (χ1) is 9.41. The van der Waals surface area contributed by atoms with Crippen molar-refractivity contribution < 1.29 is 23.7 Å². The predicted molar refractivity (Wildman–Crippen MR) is 73.2 cm³/mol. The molecule has 5 heteroatoms. The highest BCUT2D eigenvalue weighted by Gasteiger charge is 1.93. The number of unbranched alkanes of at least 4 members (excludes halogenated alkanes) is 4. The van der Waals surface area contributed by atoms with Crippen molar-refractivity contribution in [3.05, 3.63) is 0 Å². The molecule has 0 saturated heterocycles. The summed E-state index contributed by atoms with van der Waals surface area (Å²) in [7, 11) is 0. The summed E-state index contributed by atoms with van der Waals surface area (Å²) in [6.45, 7) is 6.46. The Morgan fingerprint density at radius 1 is 0.684 bits per heavy atom. The summed E-state index contributed by atoms with van der Waals surface area (Å²) in [5.41, 5.74) is 0. The summed E-state index contributed by atoms with van der Waals surface area (Å²) in [6.07, 6.45) is 6.30. The second-order valence-electron chi connectivity index (χ2n) is 4.22. The molecule has 0 fully saturated rings. The molecule has 0 aromatic heterocycles. The lowest BCUT2D eigenvalue weighted by atomic mass is 10.2. The second kappa shape index (κ2) is 17.4. The topological polar surface area (TPSA) is 54.0 Å². The van der Waals surface area contributed by atoms with Gasteiger partial charge in [0.15, 0.2) is 0 Å². The molecule has 0 unspecified atom stereocenters. The molecule has 0 heterocycles. The van der Waals surface area contributed by atoms with Gasteiger partial charge in [0.1, 0.15) is 6.61 Å². The fourth-order valence-electron chi connectivity index (χ4n) is 1.50. The summed E-state index contributed by atoms with van der Waals surface area (Å²) in [6, 6.07) is 0. The van der Waals surface area contributed by atoms with Crippen LogP contribution >= 0.6 is 0 Å². The van der Waals surface area contributed by atoms with Gasteiger partial charge in [-0.1, -0.05) is 32.6 Å². The fraction of sp³-hybridized carbons (Fsp3) is 0.929. The standard InChI is InChI=1S/C14H28O5/c1-2-3-4-5-6-7-16-8-9-17-10-11-18-12-13-19-14-15/h14H,2-13H2,1H3. The number of carbonyl (C=O) groups excluding carboxylic acids is 1. The maximum atomic E-state index is 9.82. The minimum Gasteiger partial charge on any atom is -0.465 e. The maximum absolute atomic E-state index is 9.82. The van der Waals surface area contributed by atoms with Gasteiger partial charge in [-0.3, -0.25) is 4.79 Å². The van der Waals surface area contributed by atoms with Crippen molar-refractivity contribution in [3.8, 4) is 0 Å². The summed E-state index contributed by atoms with van der Waals surface area (Å²) in [5, 5.41) is 0. The van der Waals surface area contributed by atoms with Crippen molar-refractivity contribution in [2.24, 2.45) is 0 Å². The van der Waals surface area contributed by atoms with Crippen molar-refractivity contribution in [2.75, 3.05) is 46.2 Å². The van der Waals surface area contributed by atoms with E-state index in [0.29, 0.717) is 46.1 Å². The van der Waals surface area contributed by atoms with Gasteiger partial charge in [-0.2, -0.15) is 0 Å². The molecule has 19 heavy (non-hydrogen) atoms. The lowest BCUT2D eigenvalue weighted by Crippen LogP contribution is -2.11. The van der Waals surface area contributed by atoms with Crippen LogP contribution < -0.4 is 0 Å². The first-order valence-electron chi connectivity index (χ1n) is 7.20. The van der Waals surface area contributed by atoms with Gasteiger partial charge >= 0.3 is 0 Å². The zero-order chi connectivity index (χ0) is 14.0. The Balaban J connectivity index is 2.89. The number of ether oxygens (including phenoxy) is 4. The van der Waals surface area contributed by atoms with E-state index in [-0.39, 0.29) is 0 Å². The molecule has 0 aliphatic rings. The van der Waals surface area contributed by atoms with Gasteiger partial charge in [0, 0.05) is 6.61 Å². The van der Waals surface area contributed by atoms with Crippen LogP contribution in [0.15, 0.2) is 0 Å². The van der Waals surface area contributed by atoms with Crippen molar-refractivity contribution >= 4 is 6.47 Å². The number of hydrogen-bond acceptors (Lipinski definition) is 5. The lowest BCUT2D eigenvalue weighted by molar-refractivity contribution is -0.130. The number of carbonyl (C=O) groups is 1. The van der Waals surface area contributed by atoms with E-state index in [0.717, 1.165) is 13.0 Å². The van der Waals surface area contributed by atoms with Crippen LogP contribution in [0.1, 0.15) is 39.0 Å². The Bertz CT molecular complexity index is 175. The molecule has 0 aliphatic heterocycles. The highest BCUT2D eigenvalue weighted by atomic mass is 16.6. The second-order valence-corrected chi connectivity index (χ2v) is 4.22. The fourth-order valence-corrected chi connectivity index (χ4v) is 1.50. The molecule has 0 amide bonds. The van der Waals surface area contributed by atoms with Gasteiger partial charge in [0.2, 0.25) is 0 Å². The Morgan fingerprint density at radius 3 is 1.79 bits per heavy atom. The quantitative estimate of drug-likeness (QED) is 0.319. The van der Waals surface area contributed by atoms with E-state index in [1.54, 1.807) is 0 Å². The normalized spacial score (nSPS) is 10.6. The molecular formula is C14H28O5. The van der Waals surface area contributed by atoms with E-state index in [2.05, 4.69) is 11.7 Å². The van der Waals surface area contributed by atoms with Gasteiger partial charge in [0.05, 0.1) is 33.0 Å². The summed E-state index contributed by atoms with van der Waals surface area (Å²) >= 11 is 0. The Kier molecular flexibility index (Phi) is 16.8. The lowest BCUT2D eigenvalue weighted by Gasteiger charge is -2.06. The van der Waals surface area contributed by atoms with Gasteiger partial charge in [-0.05, 0) is 6.42 Å². The van der Waals surface area contributed by atoms with Crippen LogP contribution in [0, 0.1) is 0 Å². The van der Waals surface area contributed by atoms with Crippen molar-refractivity contribution in [1.82, 2.24) is 0 Å². The summed E-state index contributed by atoms with van der Waals surface area (Å²) in [5.74, 6) is 0. The van der Waals surface area contributed by atoms with Crippen LogP contribution in [0.5, 0.6) is 0 Å². The van der Waals surface area contributed by atoms with Gasteiger partial charge in [-0.25, -0.2) is 0 Å². The Hall–Kier alpha value is -0.650. The molecular weight excluding hydrogens is 248 g/mol. The minimum absolute atomic E-state index is 0.296. The molecule has 114 valence electrons. The number of hydrogen-bond donors (Lipinski definition) is 0. The van der Waals surface area contributed by atoms with Crippen molar-refractivity contribution in [1.29, 1.82) is 0 Å². The highest BCUT2D eigenvalue weighted by molar-refractivity contribution is 5.36. The monoisotopic (exact) mass is 276 g/mol. The first-order valence-corrected chi connectivity index (χ1v) is 7.20. The van der Waals surface area contributed by atoms with E-state index >= 15 is 0 Å². The predicted octanol–water partition coefficient (Wildman–Crippen LogP) is 2.18. The molecule has 0 aromatic carbocycles. The molecule has 0 saturated carbocycles. The maximum Gasteiger partial charge on any atom is 0.293 e. The van der Waals surface area contributed by atoms with Gasteiger partial charge in [0.25, 0.3) is 6.47 Å². The van der Waals surface area contributed by atoms with Gasteiger partial charge in [-0.15, -0.1) is 0 Å². The molecule has 5 nitrogen and oxygen atoms in total.